The molecule has 1 aliphatic heterocycles. The third kappa shape index (κ3) is 2.17. The monoisotopic (exact) mass is 243 g/mol. The average Bonchev–Trinajstić information content (AvgIpc) is 2.39. The summed E-state index contributed by atoms with van der Waals surface area (Å²) >= 11 is 0. The quantitative estimate of drug-likeness (QED) is 0.706. The largest absolute Gasteiger partial charge is 0.507 e. The van der Waals surface area contributed by atoms with E-state index in [0.717, 1.165) is 0 Å². The van der Waals surface area contributed by atoms with Crippen LogP contribution >= 0.6 is 0 Å². The summed E-state index contributed by atoms with van der Waals surface area (Å²) < 4.78 is 0. The molecule has 1 aliphatic rings. The van der Waals surface area contributed by atoms with Gasteiger partial charge >= 0.3 is 0 Å². The predicted molar refractivity (Wildman–Crippen MR) is 68.5 cm³/mol. The molecule has 0 radical (unpaired) electrons. The van der Waals surface area contributed by atoms with Crippen LogP contribution in [0.25, 0.3) is 0 Å². The molecule has 6 heteroatoms. The average molecular weight is 243 g/mol. The first-order valence-corrected chi connectivity index (χ1v) is 5.44. The molecular weight excluding hydrogens is 230 g/mol. The second-order valence-corrected chi connectivity index (χ2v) is 3.84. The lowest BCUT2D eigenvalue weighted by Crippen LogP contribution is -2.41. The predicted octanol–water partition coefficient (Wildman–Crippen LogP) is 0.535. The highest BCUT2D eigenvalue weighted by Gasteiger charge is 2.18. The standard InChI is InChI=1S/C12H13N5O/c1-7-11(16-17-12(14-2)15-7)9-4-3-8(6-13)5-10(9)18/h3-5,12,14,17-18H,1-2H3. The van der Waals surface area contributed by atoms with Gasteiger partial charge in [0.25, 0.3) is 0 Å². The van der Waals surface area contributed by atoms with Gasteiger partial charge in [-0.3, -0.25) is 10.7 Å². The fraction of sp³-hybridized carbons (Fsp3) is 0.250. The minimum Gasteiger partial charge on any atom is -0.507 e. The van der Waals surface area contributed by atoms with Crippen LogP contribution in [0.2, 0.25) is 0 Å². The van der Waals surface area contributed by atoms with Crippen molar-refractivity contribution in [2.75, 3.05) is 7.05 Å². The molecule has 1 aromatic carbocycles. The second kappa shape index (κ2) is 4.85. The number of aromatic hydroxyl groups is 1. The van der Waals surface area contributed by atoms with Crippen LogP contribution in [-0.4, -0.2) is 29.9 Å². The van der Waals surface area contributed by atoms with Crippen molar-refractivity contribution in [2.24, 2.45) is 10.1 Å². The molecule has 1 atom stereocenters. The Kier molecular flexibility index (Phi) is 3.26. The summed E-state index contributed by atoms with van der Waals surface area (Å²) in [4.78, 5) is 4.33. The molecule has 6 nitrogen and oxygen atoms in total. The number of hydrogen-bond donors (Lipinski definition) is 3. The number of aliphatic imine (C=N–C) groups is 1. The Morgan fingerprint density at radius 3 is 2.83 bits per heavy atom. The van der Waals surface area contributed by atoms with Gasteiger partial charge in [0.1, 0.15) is 11.5 Å². The van der Waals surface area contributed by atoms with Crippen LogP contribution in [0.3, 0.4) is 0 Å². The molecule has 0 saturated heterocycles. The lowest BCUT2D eigenvalue weighted by Gasteiger charge is -2.20. The van der Waals surface area contributed by atoms with E-state index in [2.05, 4.69) is 20.8 Å². The maximum absolute atomic E-state index is 9.89. The van der Waals surface area contributed by atoms with Crippen molar-refractivity contribution in [1.82, 2.24) is 10.7 Å². The molecule has 0 amide bonds. The Bertz CT molecular complexity index is 570. The molecule has 0 spiro atoms. The van der Waals surface area contributed by atoms with Gasteiger partial charge in [-0.1, -0.05) is 0 Å². The zero-order valence-electron chi connectivity index (χ0n) is 10.1. The third-order valence-corrected chi connectivity index (χ3v) is 2.62. The topological polar surface area (TPSA) is 92.8 Å². The summed E-state index contributed by atoms with van der Waals surface area (Å²) in [5, 5.41) is 25.7. The van der Waals surface area contributed by atoms with Gasteiger partial charge < -0.3 is 5.11 Å². The molecule has 92 valence electrons. The zero-order chi connectivity index (χ0) is 13.1. The molecule has 0 aliphatic carbocycles. The van der Waals surface area contributed by atoms with Crippen molar-refractivity contribution in [3.63, 3.8) is 0 Å². The van der Waals surface area contributed by atoms with E-state index in [4.69, 9.17) is 5.26 Å². The molecular formula is C12H13N5O. The molecule has 0 fully saturated rings. The van der Waals surface area contributed by atoms with E-state index in [0.29, 0.717) is 22.6 Å². The smallest absolute Gasteiger partial charge is 0.188 e. The molecule has 3 N–H and O–H groups in total. The molecule has 0 saturated carbocycles. The Labute approximate surface area is 105 Å². The highest BCUT2D eigenvalue weighted by molar-refractivity contribution is 6.48. The van der Waals surface area contributed by atoms with Crippen LogP contribution in [-0.2, 0) is 0 Å². The van der Waals surface area contributed by atoms with E-state index in [1.54, 1.807) is 19.2 Å². The van der Waals surface area contributed by atoms with Gasteiger partial charge in [-0.05, 0) is 32.2 Å². The molecule has 18 heavy (non-hydrogen) atoms. The highest BCUT2D eigenvalue weighted by Crippen LogP contribution is 2.20. The van der Waals surface area contributed by atoms with Gasteiger partial charge in [0.2, 0.25) is 0 Å². The fourth-order valence-corrected chi connectivity index (χ4v) is 1.68. The molecule has 0 aromatic heterocycles. The van der Waals surface area contributed by atoms with Crippen LogP contribution in [0.1, 0.15) is 18.1 Å². The minimum absolute atomic E-state index is 0.0204. The van der Waals surface area contributed by atoms with E-state index < -0.39 is 0 Å². The van der Waals surface area contributed by atoms with Gasteiger partial charge in [0, 0.05) is 5.56 Å². The Balaban J connectivity index is 2.37. The van der Waals surface area contributed by atoms with Crippen LogP contribution < -0.4 is 10.7 Å². The van der Waals surface area contributed by atoms with Gasteiger partial charge in [-0.15, -0.1) is 0 Å². The SMILES string of the molecule is CNC1N=C(C)C(c2ccc(C#N)cc2O)=NN1. The number of phenols is 1. The number of phenolic OH excluding ortho intramolecular Hbond substituents is 1. The summed E-state index contributed by atoms with van der Waals surface area (Å²) in [5.74, 6) is 0.0204. The fourth-order valence-electron chi connectivity index (χ4n) is 1.68. The normalized spacial score (nSPS) is 18.4. The number of hydrogen-bond acceptors (Lipinski definition) is 6. The summed E-state index contributed by atoms with van der Waals surface area (Å²) in [7, 11) is 1.77. The molecule has 1 unspecified atom stereocenters. The zero-order valence-corrected chi connectivity index (χ0v) is 10.1. The minimum atomic E-state index is -0.255. The first-order chi connectivity index (χ1) is 8.65. The first-order valence-electron chi connectivity index (χ1n) is 5.44. The van der Waals surface area contributed by atoms with Crippen molar-refractivity contribution in [3.05, 3.63) is 29.3 Å². The van der Waals surface area contributed by atoms with E-state index in [1.807, 2.05) is 13.0 Å². The molecule has 0 bridgehead atoms. The number of hydrazone groups is 1. The van der Waals surface area contributed by atoms with E-state index in [-0.39, 0.29) is 12.0 Å². The van der Waals surface area contributed by atoms with Gasteiger partial charge in [-0.25, -0.2) is 4.99 Å². The van der Waals surface area contributed by atoms with Crippen LogP contribution in [0.5, 0.6) is 5.75 Å². The maximum Gasteiger partial charge on any atom is 0.188 e. The number of benzene rings is 1. The van der Waals surface area contributed by atoms with Crippen molar-refractivity contribution < 1.29 is 5.11 Å². The summed E-state index contributed by atoms with van der Waals surface area (Å²) in [5.41, 5.74) is 5.06. The van der Waals surface area contributed by atoms with Gasteiger partial charge in [0.15, 0.2) is 6.29 Å². The lowest BCUT2D eigenvalue weighted by molar-refractivity contribution is 0.471. The third-order valence-electron chi connectivity index (χ3n) is 2.62. The maximum atomic E-state index is 9.89. The van der Waals surface area contributed by atoms with Crippen LogP contribution in [0.4, 0.5) is 0 Å². The molecule has 2 rings (SSSR count). The lowest BCUT2D eigenvalue weighted by atomic mass is 10.0. The van der Waals surface area contributed by atoms with Crippen molar-refractivity contribution in [2.45, 2.75) is 13.2 Å². The Morgan fingerprint density at radius 2 is 2.28 bits per heavy atom. The summed E-state index contributed by atoms with van der Waals surface area (Å²) in [6.45, 7) is 1.82. The van der Waals surface area contributed by atoms with Crippen LogP contribution in [0, 0.1) is 11.3 Å². The first kappa shape index (κ1) is 12.1. The van der Waals surface area contributed by atoms with E-state index in [1.165, 1.54) is 6.07 Å². The summed E-state index contributed by atoms with van der Waals surface area (Å²) in [6, 6.07) is 6.68. The van der Waals surface area contributed by atoms with Gasteiger partial charge in [-0.2, -0.15) is 10.4 Å². The van der Waals surface area contributed by atoms with Crippen LogP contribution in [0.15, 0.2) is 28.3 Å². The highest BCUT2D eigenvalue weighted by atomic mass is 16.3. The molecule has 1 aromatic rings. The van der Waals surface area contributed by atoms with E-state index >= 15 is 0 Å². The number of nitrogens with one attached hydrogen (secondary N) is 2. The number of nitrogens with zero attached hydrogens (tertiary/aromatic N) is 3. The van der Waals surface area contributed by atoms with Gasteiger partial charge in [0.05, 0.1) is 17.3 Å². The number of rotatable bonds is 2. The number of nitriles is 1. The van der Waals surface area contributed by atoms with Crippen molar-refractivity contribution in [1.29, 1.82) is 5.26 Å². The molecule has 1 heterocycles. The van der Waals surface area contributed by atoms with Crippen molar-refractivity contribution in [3.8, 4) is 11.8 Å². The Hall–Kier alpha value is -2.39. The Morgan fingerprint density at radius 1 is 1.50 bits per heavy atom. The summed E-state index contributed by atoms with van der Waals surface area (Å²) in [6.07, 6.45) is -0.255. The van der Waals surface area contributed by atoms with Crippen molar-refractivity contribution >= 4 is 11.4 Å². The second-order valence-electron chi connectivity index (χ2n) is 3.84. The van der Waals surface area contributed by atoms with E-state index in [9.17, 15) is 5.11 Å².